The molecule has 0 rings (SSSR count). The summed E-state index contributed by atoms with van der Waals surface area (Å²) < 4.78 is 29.7. The predicted molar refractivity (Wildman–Crippen MR) is 54.5 cm³/mol. The minimum Gasteiger partial charge on any atom is -0.391 e. The summed E-state index contributed by atoms with van der Waals surface area (Å²) >= 11 is 0. The lowest BCUT2D eigenvalue weighted by Crippen LogP contribution is -2.50. The highest BCUT2D eigenvalue weighted by molar-refractivity contribution is 7.80. The van der Waals surface area contributed by atoms with E-state index in [1.165, 1.54) is 6.92 Å². The van der Waals surface area contributed by atoms with Crippen molar-refractivity contribution in [2.45, 2.75) is 38.5 Å². The predicted octanol–water partition coefficient (Wildman–Crippen LogP) is -1.10. The van der Waals surface area contributed by atoms with Gasteiger partial charge < -0.3 is 15.9 Å². The van der Waals surface area contributed by atoms with Crippen molar-refractivity contribution in [3.05, 3.63) is 0 Å². The molecule has 2 atom stereocenters. The quantitative estimate of drug-likeness (QED) is 0.464. The van der Waals surface area contributed by atoms with Gasteiger partial charge in [0.2, 0.25) is 0 Å². The first-order valence-electron chi connectivity index (χ1n) is 4.10. The second-order valence-electron chi connectivity index (χ2n) is 3.60. The maximum absolute atomic E-state index is 9.33. The molecule has 0 saturated carbocycles. The molecule has 0 amide bonds. The summed E-state index contributed by atoms with van der Waals surface area (Å²) in [4.78, 5) is 0. The number of hydrogen-bond donors (Lipinski definition) is 4. The Morgan fingerprint density at radius 1 is 1.33 bits per heavy atom. The first-order valence-corrected chi connectivity index (χ1v) is 5.46. The van der Waals surface area contributed by atoms with Crippen LogP contribution >= 0.6 is 0 Å². The molecular formula is C7H19NO6S. The first kappa shape index (κ1) is 17.2. The Bertz CT molecular complexity index is 255. The normalized spacial score (nSPS) is 16.3. The minimum absolute atomic E-state index is 0.714. The van der Waals surface area contributed by atoms with E-state index >= 15 is 0 Å². The van der Waals surface area contributed by atoms with Crippen LogP contribution in [0.3, 0.4) is 0 Å². The monoisotopic (exact) mass is 245 g/mol. The Kier molecular flexibility index (Phi) is 7.27. The Morgan fingerprint density at radius 2 is 1.60 bits per heavy atom. The first-order chi connectivity index (χ1) is 6.41. The fourth-order valence-corrected chi connectivity index (χ4v) is 0.622. The zero-order valence-corrected chi connectivity index (χ0v) is 10.0. The molecule has 8 heteroatoms. The van der Waals surface area contributed by atoms with E-state index in [0.717, 1.165) is 7.11 Å². The molecule has 0 saturated heterocycles. The van der Waals surface area contributed by atoms with Crippen molar-refractivity contribution in [1.82, 2.24) is 0 Å². The van der Waals surface area contributed by atoms with Crippen LogP contribution in [-0.4, -0.2) is 48.0 Å². The van der Waals surface area contributed by atoms with Crippen molar-refractivity contribution < 1.29 is 27.4 Å². The molecule has 0 aromatic rings. The number of rotatable bonds is 3. The maximum Gasteiger partial charge on any atom is 0.397 e. The molecule has 2 unspecified atom stereocenters. The fourth-order valence-electron chi connectivity index (χ4n) is 0.622. The van der Waals surface area contributed by atoms with Crippen molar-refractivity contribution in [3.63, 3.8) is 0 Å². The molecular weight excluding hydrogens is 226 g/mol. The van der Waals surface area contributed by atoms with Crippen LogP contribution in [0.4, 0.5) is 0 Å². The summed E-state index contributed by atoms with van der Waals surface area (Å²) in [7, 11) is -3.29. The average molecular weight is 245 g/mol. The summed E-state index contributed by atoms with van der Waals surface area (Å²) in [5.74, 6) is 0. The standard InChI is InChI=1S/C6H15NO2.CH4O4S/c1-4(8)5(9)6(2,3)7;1-5-6(2,3)4/h4-5,8-9H,7H2,1-3H3;1H3,(H,2,3,4). The second kappa shape index (κ2) is 6.36. The SMILES string of the molecule is CC(O)C(O)C(C)(C)N.COS(=O)(=O)O. The van der Waals surface area contributed by atoms with Crippen LogP contribution < -0.4 is 5.73 Å². The van der Waals surface area contributed by atoms with Gasteiger partial charge in [-0.2, -0.15) is 8.42 Å². The lowest BCUT2D eigenvalue weighted by Gasteiger charge is -2.27. The van der Waals surface area contributed by atoms with Crippen molar-refractivity contribution in [2.75, 3.05) is 7.11 Å². The van der Waals surface area contributed by atoms with E-state index in [-0.39, 0.29) is 0 Å². The zero-order valence-electron chi connectivity index (χ0n) is 9.21. The van der Waals surface area contributed by atoms with Gasteiger partial charge in [0.15, 0.2) is 0 Å². The number of hydrogen-bond acceptors (Lipinski definition) is 6. The minimum atomic E-state index is -4.16. The third-order valence-electron chi connectivity index (χ3n) is 1.43. The van der Waals surface area contributed by atoms with E-state index in [1.807, 2.05) is 0 Å². The van der Waals surface area contributed by atoms with Crippen LogP contribution in [0.1, 0.15) is 20.8 Å². The largest absolute Gasteiger partial charge is 0.397 e. The van der Waals surface area contributed by atoms with Gasteiger partial charge in [-0.25, -0.2) is 0 Å². The Hall–Kier alpha value is -0.250. The van der Waals surface area contributed by atoms with Crippen LogP contribution in [-0.2, 0) is 14.6 Å². The Morgan fingerprint density at radius 3 is 1.60 bits per heavy atom. The van der Waals surface area contributed by atoms with Crippen LogP contribution in [0.15, 0.2) is 0 Å². The van der Waals surface area contributed by atoms with Gasteiger partial charge in [0.1, 0.15) is 0 Å². The van der Waals surface area contributed by atoms with Crippen molar-refractivity contribution in [2.24, 2.45) is 5.73 Å². The highest BCUT2D eigenvalue weighted by Gasteiger charge is 2.26. The summed E-state index contributed by atoms with van der Waals surface area (Å²) in [6.45, 7) is 4.86. The third-order valence-corrected chi connectivity index (χ3v) is 1.85. The molecule has 0 fully saturated rings. The van der Waals surface area contributed by atoms with E-state index in [1.54, 1.807) is 13.8 Å². The molecule has 0 aliphatic heterocycles. The van der Waals surface area contributed by atoms with Gasteiger partial charge in [-0.3, -0.25) is 8.74 Å². The topological polar surface area (TPSA) is 130 Å². The highest BCUT2D eigenvalue weighted by atomic mass is 32.3. The molecule has 5 N–H and O–H groups in total. The Labute approximate surface area is 89.8 Å². The summed E-state index contributed by atoms with van der Waals surface area (Å²) in [5.41, 5.74) is 4.76. The van der Waals surface area contributed by atoms with E-state index in [2.05, 4.69) is 4.18 Å². The number of nitrogens with two attached hydrogens (primary N) is 1. The molecule has 0 aliphatic carbocycles. The molecule has 0 heterocycles. The zero-order chi connectivity index (χ0) is 12.9. The van der Waals surface area contributed by atoms with Crippen molar-refractivity contribution in [3.8, 4) is 0 Å². The van der Waals surface area contributed by atoms with E-state index < -0.39 is 28.1 Å². The number of aliphatic hydroxyl groups is 2. The molecule has 0 aliphatic rings. The lowest BCUT2D eigenvalue weighted by atomic mass is 9.95. The van der Waals surface area contributed by atoms with Crippen LogP contribution in [0, 0.1) is 0 Å². The van der Waals surface area contributed by atoms with Gasteiger partial charge in [-0.15, -0.1) is 0 Å². The summed E-state index contributed by atoms with van der Waals surface area (Å²) in [6.07, 6.45) is -1.61. The Balaban J connectivity index is 0. The maximum atomic E-state index is 9.33. The molecule has 7 nitrogen and oxygen atoms in total. The molecule has 15 heavy (non-hydrogen) atoms. The van der Waals surface area contributed by atoms with Gasteiger partial charge in [0, 0.05) is 5.54 Å². The summed E-state index contributed by atoms with van der Waals surface area (Å²) in [5, 5.41) is 17.9. The van der Waals surface area contributed by atoms with E-state index in [9.17, 15) is 8.42 Å². The van der Waals surface area contributed by atoms with Crippen LogP contribution in [0.2, 0.25) is 0 Å². The molecule has 0 spiro atoms. The highest BCUT2D eigenvalue weighted by Crippen LogP contribution is 2.07. The average Bonchev–Trinajstić information content (AvgIpc) is 2.01. The lowest BCUT2D eigenvalue weighted by molar-refractivity contribution is -0.00862. The van der Waals surface area contributed by atoms with Crippen LogP contribution in [0.25, 0.3) is 0 Å². The van der Waals surface area contributed by atoms with E-state index in [4.69, 9.17) is 20.5 Å². The second-order valence-corrected chi connectivity index (χ2v) is 4.79. The molecule has 0 bridgehead atoms. The van der Waals surface area contributed by atoms with Crippen molar-refractivity contribution >= 4 is 10.4 Å². The fraction of sp³-hybridized carbons (Fsp3) is 1.00. The summed E-state index contributed by atoms with van der Waals surface area (Å²) in [6, 6.07) is 0. The van der Waals surface area contributed by atoms with Gasteiger partial charge in [0.25, 0.3) is 0 Å². The van der Waals surface area contributed by atoms with Gasteiger partial charge in [-0.1, -0.05) is 0 Å². The molecule has 94 valence electrons. The van der Waals surface area contributed by atoms with Gasteiger partial charge in [0.05, 0.1) is 19.3 Å². The number of aliphatic hydroxyl groups excluding tert-OH is 2. The molecule has 0 radical (unpaired) electrons. The molecule has 0 aromatic heterocycles. The van der Waals surface area contributed by atoms with Gasteiger partial charge >= 0.3 is 10.4 Å². The van der Waals surface area contributed by atoms with Crippen molar-refractivity contribution in [1.29, 1.82) is 0 Å². The van der Waals surface area contributed by atoms with E-state index in [0.29, 0.717) is 0 Å². The third kappa shape index (κ3) is 11.7. The van der Waals surface area contributed by atoms with Crippen LogP contribution in [0.5, 0.6) is 0 Å². The molecule has 0 aromatic carbocycles. The smallest absolute Gasteiger partial charge is 0.391 e. The van der Waals surface area contributed by atoms with Gasteiger partial charge in [-0.05, 0) is 20.8 Å².